The minimum absolute atomic E-state index is 0.110. The number of hydrogen-bond acceptors (Lipinski definition) is 3. The predicted octanol–water partition coefficient (Wildman–Crippen LogP) is 2.58. The zero-order chi connectivity index (χ0) is 15.2. The highest BCUT2D eigenvalue weighted by atomic mass is 16.5. The van der Waals surface area contributed by atoms with Crippen LogP contribution in [0, 0.1) is 0 Å². The minimum Gasteiger partial charge on any atom is -0.497 e. The Bertz CT molecular complexity index is 486. The van der Waals surface area contributed by atoms with E-state index in [2.05, 4.69) is 22.8 Å². The van der Waals surface area contributed by atoms with Gasteiger partial charge >= 0.3 is 0 Å². The second-order valence-corrected chi connectivity index (χ2v) is 5.94. The van der Waals surface area contributed by atoms with E-state index in [1.165, 1.54) is 17.5 Å². The van der Waals surface area contributed by atoms with Gasteiger partial charge in [0.15, 0.2) is 0 Å². The lowest BCUT2D eigenvalue weighted by molar-refractivity contribution is -0.121. The van der Waals surface area contributed by atoms with Gasteiger partial charge in [0.1, 0.15) is 5.75 Å². The molecule has 0 spiro atoms. The standard InChI is InChI=1S/C17H26N2O2/c1-12(2)19-17(20)9-10-18-16-6-4-5-13-7-8-14(21-3)11-15(13)16/h7-8,11-12,16,18H,4-6,9-10H2,1-3H3,(H,19,20). The molecule has 1 amide bonds. The molecule has 116 valence electrons. The molecule has 0 radical (unpaired) electrons. The second-order valence-electron chi connectivity index (χ2n) is 5.94. The SMILES string of the molecule is COc1ccc2c(c1)C(NCCC(=O)NC(C)C)CCC2. The van der Waals surface area contributed by atoms with Crippen molar-refractivity contribution in [2.75, 3.05) is 13.7 Å². The maximum atomic E-state index is 11.7. The molecule has 4 nitrogen and oxygen atoms in total. The third kappa shape index (κ3) is 4.46. The van der Waals surface area contributed by atoms with E-state index >= 15 is 0 Å². The summed E-state index contributed by atoms with van der Waals surface area (Å²) in [6.45, 7) is 4.67. The van der Waals surface area contributed by atoms with Gasteiger partial charge in [-0.15, -0.1) is 0 Å². The summed E-state index contributed by atoms with van der Waals surface area (Å²) in [5.74, 6) is 1.01. The second kappa shape index (κ2) is 7.46. The molecular weight excluding hydrogens is 264 g/mol. The summed E-state index contributed by atoms with van der Waals surface area (Å²) in [5.41, 5.74) is 2.72. The van der Waals surface area contributed by atoms with Crippen LogP contribution in [-0.4, -0.2) is 25.6 Å². The lowest BCUT2D eigenvalue weighted by Gasteiger charge is -2.27. The van der Waals surface area contributed by atoms with E-state index < -0.39 is 0 Å². The minimum atomic E-state index is 0.110. The van der Waals surface area contributed by atoms with Gasteiger partial charge in [-0.3, -0.25) is 4.79 Å². The van der Waals surface area contributed by atoms with Gasteiger partial charge < -0.3 is 15.4 Å². The molecule has 1 aromatic carbocycles. The number of carbonyl (C=O) groups excluding carboxylic acids is 1. The van der Waals surface area contributed by atoms with Gasteiger partial charge in [-0.1, -0.05) is 6.07 Å². The maximum absolute atomic E-state index is 11.7. The van der Waals surface area contributed by atoms with Crippen LogP contribution < -0.4 is 15.4 Å². The fourth-order valence-electron chi connectivity index (χ4n) is 2.87. The van der Waals surface area contributed by atoms with Crippen LogP contribution in [0.5, 0.6) is 5.75 Å². The molecule has 2 rings (SSSR count). The molecule has 0 aliphatic heterocycles. The van der Waals surface area contributed by atoms with Crippen LogP contribution in [0.15, 0.2) is 18.2 Å². The lowest BCUT2D eigenvalue weighted by Crippen LogP contribution is -2.34. The van der Waals surface area contributed by atoms with E-state index in [-0.39, 0.29) is 11.9 Å². The van der Waals surface area contributed by atoms with E-state index in [1.807, 2.05) is 19.9 Å². The van der Waals surface area contributed by atoms with Gasteiger partial charge in [0.05, 0.1) is 7.11 Å². The van der Waals surface area contributed by atoms with Gasteiger partial charge in [0.2, 0.25) is 5.91 Å². The molecule has 0 aromatic heterocycles. The fraction of sp³-hybridized carbons (Fsp3) is 0.588. The van der Waals surface area contributed by atoms with Gasteiger partial charge in [0, 0.05) is 25.0 Å². The monoisotopic (exact) mass is 290 g/mol. The van der Waals surface area contributed by atoms with E-state index in [0.717, 1.165) is 18.6 Å². The predicted molar refractivity (Wildman–Crippen MR) is 84.6 cm³/mol. The number of hydrogen-bond donors (Lipinski definition) is 2. The number of ether oxygens (including phenoxy) is 1. The topological polar surface area (TPSA) is 50.4 Å². The first kappa shape index (κ1) is 15.8. The number of fused-ring (bicyclic) bond motifs is 1. The molecule has 21 heavy (non-hydrogen) atoms. The Morgan fingerprint density at radius 3 is 2.95 bits per heavy atom. The average Bonchev–Trinajstić information content (AvgIpc) is 2.46. The Morgan fingerprint density at radius 1 is 1.43 bits per heavy atom. The summed E-state index contributed by atoms with van der Waals surface area (Å²) in [6.07, 6.45) is 3.96. The fourth-order valence-corrected chi connectivity index (χ4v) is 2.87. The summed E-state index contributed by atoms with van der Waals surface area (Å²) in [6, 6.07) is 6.85. The third-order valence-electron chi connectivity index (χ3n) is 3.86. The molecule has 1 aliphatic carbocycles. The Kier molecular flexibility index (Phi) is 5.62. The smallest absolute Gasteiger partial charge is 0.221 e. The summed E-state index contributed by atoms with van der Waals surface area (Å²) >= 11 is 0. The molecule has 1 aromatic rings. The van der Waals surface area contributed by atoms with Crippen molar-refractivity contribution in [1.82, 2.24) is 10.6 Å². The van der Waals surface area contributed by atoms with E-state index in [1.54, 1.807) is 7.11 Å². The molecule has 0 bridgehead atoms. The summed E-state index contributed by atoms with van der Waals surface area (Å²) in [4.78, 5) is 11.7. The number of nitrogens with one attached hydrogen (secondary N) is 2. The molecule has 0 saturated carbocycles. The molecule has 0 fully saturated rings. The highest BCUT2D eigenvalue weighted by Crippen LogP contribution is 2.32. The van der Waals surface area contributed by atoms with Crippen molar-refractivity contribution in [1.29, 1.82) is 0 Å². The van der Waals surface area contributed by atoms with Crippen molar-refractivity contribution in [3.05, 3.63) is 29.3 Å². The lowest BCUT2D eigenvalue weighted by atomic mass is 9.87. The number of carbonyl (C=O) groups is 1. The summed E-state index contributed by atoms with van der Waals surface area (Å²) in [5, 5.41) is 6.44. The van der Waals surface area contributed by atoms with Gasteiger partial charge in [-0.2, -0.15) is 0 Å². The highest BCUT2D eigenvalue weighted by Gasteiger charge is 2.20. The average molecular weight is 290 g/mol. The number of methoxy groups -OCH3 is 1. The van der Waals surface area contributed by atoms with Crippen molar-refractivity contribution in [3.8, 4) is 5.75 Å². The first-order valence-electron chi connectivity index (χ1n) is 7.79. The van der Waals surface area contributed by atoms with Gasteiger partial charge in [0.25, 0.3) is 0 Å². The van der Waals surface area contributed by atoms with E-state index in [0.29, 0.717) is 19.0 Å². The zero-order valence-corrected chi connectivity index (χ0v) is 13.2. The van der Waals surface area contributed by atoms with Crippen LogP contribution in [-0.2, 0) is 11.2 Å². The Labute approximate surface area is 127 Å². The van der Waals surface area contributed by atoms with Crippen LogP contribution in [0.4, 0.5) is 0 Å². The van der Waals surface area contributed by atoms with Crippen molar-refractivity contribution in [2.45, 2.75) is 51.6 Å². The normalized spacial score (nSPS) is 17.4. The Hall–Kier alpha value is -1.55. The number of aryl methyl sites for hydroxylation is 1. The summed E-state index contributed by atoms with van der Waals surface area (Å²) < 4.78 is 5.32. The Morgan fingerprint density at radius 2 is 2.24 bits per heavy atom. The van der Waals surface area contributed by atoms with Crippen LogP contribution in [0.25, 0.3) is 0 Å². The van der Waals surface area contributed by atoms with Gasteiger partial charge in [-0.05, 0) is 56.4 Å². The van der Waals surface area contributed by atoms with Crippen LogP contribution in [0.1, 0.15) is 50.3 Å². The number of rotatable bonds is 6. The zero-order valence-electron chi connectivity index (χ0n) is 13.2. The van der Waals surface area contributed by atoms with Crippen LogP contribution in [0.2, 0.25) is 0 Å². The molecular formula is C17H26N2O2. The molecule has 1 unspecified atom stereocenters. The number of benzene rings is 1. The first-order valence-corrected chi connectivity index (χ1v) is 7.79. The van der Waals surface area contributed by atoms with E-state index in [9.17, 15) is 4.79 Å². The quantitative estimate of drug-likeness (QED) is 0.846. The van der Waals surface area contributed by atoms with Crippen molar-refractivity contribution >= 4 is 5.91 Å². The van der Waals surface area contributed by atoms with E-state index in [4.69, 9.17) is 4.74 Å². The summed E-state index contributed by atoms with van der Waals surface area (Å²) in [7, 11) is 1.70. The number of amides is 1. The highest BCUT2D eigenvalue weighted by molar-refractivity contribution is 5.76. The first-order chi connectivity index (χ1) is 10.1. The van der Waals surface area contributed by atoms with Crippen molar-refractivity contribution < 1.29 is 9.53 Å². The van der Waals surface area contributed by atoms with Crippen LogP contribution >= 0.6 is 0 Å². The molecule has 1 atom stereocenters. The van der Waals surface area contributed by atoms with Crippen molar-refractivity contribution in [3.63, 3.8) is 0 Å². The molecule has 4 heteroatoms. The molecule has 0 heterocycles. The van der Waals surface area contributed by atoms with Gasteiger partial charge in [-0.25, -0.2) is 0 Å². The molecule has 0 saturated heterocycles. The molecule has 1 aliphatic rings. The molecule has 2 N–H and O–H groups in total. The van der Waals surface area contributed by atoms with Crippen molar-refractivity contribution in [2.24, 2.45) is 0 Å². The Balaban J connectivity index is 1.92. The van der Waals surface area contributed by atoms with Crippen LogP contribution in [0.3, 0.4) is 0 Å². The largest absolute Gasteiger partial charge is 0.497 e. The third-order valence-corrected chi connectivity index (χ3v) is 3.86. The maximum Gasteiger partial charge on any atom is 0.221 e.